The third-order valence-electron chi connectivity index (χ3n) is 2.84. The second-order valence-electron chi connectivity index (χ2n) is 4.12. The quantitative estimate of drug-likeness (QED) is 0.871. The zero-order chi connectivity index (χ0) is 15.6. The van der Waals surface area contributed by atoms with E-state index in [-0.39, 0.29) is 15.6 Å². The Morgan fingerprint density at radius 2 is 1.86 bits per heavy atom. The van der Waals surface area contributed by atoms with Gasteiger partial charge in [0.1, 0.15) is 10.0 Å². The Morgan fingerprint density at radius 3 is 2.38 bits per heavy atom. The topological polar surface area (TPSA) is 87.6 Å². The first-order chi connectivity index (χ1) is 9.84. The van der Waals surface area contributed by atoms with Crippen LogP contribution in [0.1, 0.15) is 10.4 Å². The molecule has 0 unspecified atom stereocenters. The van der Waals surface area contributed by atoms with Crippen LogP contribution in [0.3, 0.4) is 0 Å². The van der Waals surface area contributed by atoms with Crippen molar-refractivity contribution in [3.63, 3.8) is 0 Å². The van der Waals surface area contributed by atoms with Gasteiger partial charge in [0.05, 0.1) is 11.3 Å². The molecule has 0 bridgehead atoms. The van der Waals surface area contributed by atoms with E-state index < -0.39 is 16.0 Å². The normalized spacial score (nSPS) is 11.1. The molecule has 1 heterocycles. The molecule has 0 saturated heterocycles. The van der Waals surface area contributed by atoms with Crippen LogP contribution in [0.5, 0.6) is 0 Å². The fourth-order valence-electron chi connectivity index (χ4n) is 1.66. The second-order valence-corrected chi connectivity index (χ2v) is 6.41. The van der Waals surface area contributed by atoms with Crippen molar-refractivity contribution >= 4 is 33.3 Å². The Balaban J connectivity index is 2.41. The van der Waals surface area contributed by atoms with E-state index in [2.05, 4.69) is 4.98 Å². The Bertz CT molecular complexity index is 775. The minimum atomic E-state index is -3.86. The van der Waals surface area contributed by atoms with Crippen LogP contribution in [0.4, 0.5) is 5.69 Å². The third-order valence-corrected chi connectivity index (χ3v) is 5.07. The molecule has 2 rings (SSSR count). The molecule has 0 aliphatic carbocycles. The summed E-state index contributed by atoms with van der Waals surface area (Å²) < 4.78 is 25.9. The first-order valence-corrected chi connectivity index (χ1v) is 7.58. The van der Waals surface area contributed by atoms with Crippen molar-refractivity contribution in [3.05, 3.63) is 53.3 Å². The fraction of sp³-hybridized carbons (Fsp3) is 0.0769. The van der Waals surface area contributed by atoms with Crippen molar-refractivity contribution in [2.24, 2.45) is 0 Å². The smallest absolute Gasteiger partial charge is 0.335 e. The van der Waals surface area contributed by atoms with Gasteiger partial charge in [0.15, 0.2) is 0 Å². The van der Waals surface area contributed by atoms with Gasteiger partial charge in [-0.1, -0.05) is 11.6 Å². The Hall–Kier alpha value is -2.12. The summed E-state index contributed by atoms with van der Waals surface area (Å²) in [5.41, 5.74) is 0.392. The zero-order valence-electron chi connectivity index (χ0n) is 10.9. The first kappa shape index (κ1) is 15.3. The lowest BCUT2D eigenvalue weighted by atomic mass is 10.2. The molecule has 0 saturated carbocycles. The number of carbonyl (C=O) groups is 1. The van der Waals surface area contributed by atoms with Crippen molar-refractivity contribution in [3.8, 4) is 0 Å². The molecule has 1 aromatic heterocycles. The summed E-state index contributed by atoms with van der Waals surface area (Å²) in [5.74, 6) is -1.08. The summed E-state index contributed by atoms with van der Waals surface area (Å²) in [4.78, 5) is 14.4. The fourth-order valence-corrected chi connectivity index (χ4v) is 3.29. The van der Waals surface area contributed by atoms with E-state index in [1.54, 1.807) is 0 Å². The summed E-state index contributed by atoms with van der Waals surface area (Å²) in [7, 11) is -2.51. The third kappa shape index (κ3) is 2.98. The Kier molecular flexibility index (Phi) is 4.15. The monoisotopic (exact) mass is 326 g/mol. The number of aromatic carboxylic acids is 1. The van der Waals surface area contributed by atoms with E-state index in [0.717, 1.165) is 4.31 Å². The summed E-state index contributed by atoms with van der Waals surface area (Å²) in [6.07, 6.45) is 1.39. The molecule has 21 heavy (non-hydrogen) atoms. The first-order valence-electron chi connectivity index (χ1n) is 5.77. The van der Waals surface area contributed by atoms with Crippen molar-refractivity contribution in [1.29, 1.82) is 0 Å². The van der Waals surface area contributed by atoms with Crippen LogP contribution >= 0.6 is 11.6 Å². The van der Waals surface area contributed by atoms with Gasteiger partial charge in [0.25, 0.3) is 10.0 Å². The van der Waals surface area contributed by atoms with Gasteiger partial charge in [0.2, 0.25) is 0 Å². The molecule has 0 aliphatic heterocycles. The number of benzene rings is 1. The summed E-state index contributed by atoms with van der Waals surface area (Å²) >= 11 is 5.81. The van der Waals surface area contributed by atoms with Gasteiger partial charge in [-0.2, -0.15) is 0 Å². The average Bonchev–Trinajstić information content (AvgIpc) is 2.46. The van der Waals surface area contributed by atoms with Crippen LogP contribution in [0.15, 0.2) is 47.5 Å². The number of carboxylic acids is 1. The van der Waals surface area contributed by atoms with Gasteiger partial charge in [0, 0.05) is 13.2 Å². The van der Waals surface area contributed by atoms with Gasteiger partial charge < -0.3 is 5.11 Å². The zero-order valence-corrected chi connectivity index (χ0v) is 12.5. The van der Waals surface area contributed by atoms with Gasteiger partial charge in [-0.05, 0) is 36.4 Å². The minimum Gasteiger partial charge on any atom is -0.478 e. The highest BCUT2D eigenvalue weighted by molar-refractivity contribution is 7.92. The SMILES string of the molecule is CN(c1ccc(C(=O)O)cc1)S(=O)(=O)c1cccnc1Cl. The van der Waals surface area contributed by atoms with E-state index in [1.165, 1.54) is 49.6 Å². The highest BCUT2D eigenvalue weighted by atomic mass is 35.5. The number of anilines is 1. The van der Waals surface area contributed by atoms with Crippen LogP contribution in [0, 0.1) is 0 Å². The van der Waals surface area contributed by atoms with Crippen LogP contribution in [-0.2, 0) is 10.0 Å². The molecular formula is C13H11ClN2O4S. The lowest BCUT2D eigenvalue weighted by Gasteiger charge is -2.19. The molecule has 0 atom stereocenters. The summed E-state index contributed by atoms with van der Waals surface area (Å²) in [6, 6.07) is 8.30. The molecule has 8 heteroatoms. The Labute approximate surface area is 126 Å². The van der Waals surface area contributed by atoms with Crippen LogP contribution in [0.25, 0.3) is 0 Å². The molecule has 0 spiro atoms. The van der Waals surface area contributed by atoms with Gasteiger partial charge >= 0.3 is 5.97 Å². The molecule has 0 aliphatic rings. The largest absolute Gasteiger partial charge is 0.478 e. The number of carboxylic acid groups (broad SMARTS) is 1. The van der Waals surface area contributed by atoms with E-state index in [9.17, 15) is 13.2 Å². The maximum Gasteiger partial charge on any atom is 0.335 e. The Morgan fingerprint density at radius 1 is 1.24 bits per heavy atom. The maximum absolute atomic E-state index is 12.5. The number of sulfonamides is 1. The molecule has 6 nitrogen and oxygen atoms in total. The van der Waals surface area contributed by atoms with Gasteiger partial charge in [-0.3, -0.25) is 4.31 Å². The highest BCUT2D eigenvalue weighted by Gasteiger charge is 2.24. The van der Waals surface area contributed by atoms with Crippen LogP contribution in [-0.4, -0.2) is 31.5 Å². The number of pyridine rings is 1. The molecular weight excluding hydrogens is 316 g/mol. The predicted octanol–water partition coefficient (Wildman–Crippen LogP) is 2.26. The summed E-state index contributed by atoms with van der Waals surface area (Å²) in [5, 5.41) is 8.71. The number of aromatic nitrogens is 1. The minimum absolute atomic E-state index is 0.0731. The van der Waals surface area contributed by atoms with Crippen molar-refractivity contribution in [2.75, 3.05) is 11.4 Å². The number of hydrogen-bond acceptors (Lipinski definition) is 4. The number of halogens is 1. The van der Waals surface area contributed by atoms with Gasteiger partial charge in [-0.25, -0.2) is 18.2 Å². The van der Waals surface area contributed by atoms with Crippen molar-refractivity contribution in [2.45, 2.75) is 4.90 Å². The van der Waals surface area contributed by atoms with Crippen molar-refractivity contribution < 1.29 is 18.3 Å². The predicted molar refractivity (Wildman–Crippen MR) is 78.2 cm³/mol. The molecule has 1 N–H and O–H groups in total. The van der Waals surface area contributed by atoms with Gasteiger partial charge in [-0.15, -0.1) is 0 Å². The number of hydrogen-bond donors (Lipinski definition) is 1. The average molecular weight is 327 g/mol. The lowest BCUT2D eigenvalue weighted by Crippen LogP contribution is -2.27. The lowest BCUT2D eigenvalue weighted by molar-refractivity contribution is 0.0697. The van der Waals surface area contributed by atoms with E-state index in [4.69, 9.17) is 16.7 Å². The number of rotatable bonds is 4. The molecule has 2 aromatic rings. The molecule has 0 amide bonds. The maximum atomic E-state index is 12.5. The van der Waals surface area contributed by atoms with E-state index in [1.807, 2.05) is 0 Å². The van der Waals surface area contributed by atoms with E-state index >= 15 is 0 Å². The van der Waals surface area contributed by atoms with Crippen molar-refractivity contribution in [1.82, 2.24) is 4.98 Å². The van der Waals surface area contributed by atoms with E-state index in [0.29, 0.717) is 5.69 Å². The second kappa shape index (κ2) is 5.71. The number of nitrogens with zero attached hydrogens (tertiary/aromatic N) is 2. The van der Waals surface area contributed by atoms with Crippen LogP contribution in [0.2, 0.25) is 5.15 Å². The molecule has 110 valence electrons. The molecule has 0 fully saturated rings. The standard InChI is InChI=1S/C13H11ClN2O4S/c1-16(10-6-4-9(5-7-10)13(17)18)21(19,20)11-3-2-8-15-12(11)14/h2-8H,1H3,(H,17,18). The summed E-state index contributed by atoms with van der Waals surface area (Å²) in [6.45, 7) is 0. The molecule has 1 aromatic carbocycles. The molecule has 0 radical (unpaired) electrons. The van der Waals surface area contributed by atoms with Crippen LogP contribution < -0.4 is 4.31 Å². The highest BCUT2D eigenvalue weighted by Crippen LogP contribution is 2.25.